The van der Waals surface area contributed by atoms with E-state index in [-0.39, 0.29) is 6.03 Å². The molecule has 1 aromatic heterocycles. The van der Waals surface area contributed by atoms with Crippen molar-refractivity contribution in [1.29, 1.82) is 0 Å². The summed E-state index contributed by atoms with van der Waals surface area (Å²) in [4.78, 5) is 16.8. The number of anilines is 3. The molecule has 0 aliphatic carbocycles. The highest BCUT2D eigenvalue weighted by Crippen LogP contribution is 2.24. The monoisotopic (exact) mass is 456 g/mol. The quantitative estimate of drug-likeness (QED) is 0.586. The zero-order valence-corrected chi connectivity index (χ0v) is 18.5. The summed E-state index contributed by atoms with van der Waals surface area (Å²) in [6, 6.07) is 15.9. The van der Waals surface area contributed by atoms with Gasteiger partial charge in [-0.3, -0.25) is 0 Å². The van der Waals surface area contributed by atoms with Crippen LogP contribution in [0.5, 0.6) is 0 Å². The van der Waals surface area contributed by atoms with Gasteiger partial charge >= 0.3 is 6.03 Å². The zero-order chi connectivity index (χ0) is 21.8. The van der Waals surface area contributed by atoms with Crippen molar-refractivity contribution in [3.05, 3.63) is 64.6 Å². The highest BCUT2D eigenvalue weighted by molar-refractivity contribution is 6.35. The third kappa shape index (κ3) is 5.64. The molecule has 9 heteroatoms. The van der Waals surface area contributed by atoms with Gasteiger partial charge in [0.15, 0.2) is 5.82 Å². The number of amides is 2. The predicted octanol–water partition coefficient (Wildman–Crippen LogP) is 4.85. The number of benzene rings is 2. The van der Waals surface area contributed by atoms with Crippen LogP contribution in [0, 0.1) is 0 Å². The number of nitrogens with one attached hydrogen (secondary N) is 2. The Hall–Kier alpha value is -2.87. The summed E-state index contributed by atoms with van der Waals surface area (Å²) in [6.07, 6.45) is 0. The van der Waals surface area contributed by atoms with E-state index >= 15 is 0 Å². The summed E-state index contributed by atoms with van der Waals surface area (Å²) in [6.45, 7) is 3.95. The lowest BCUT2D eigenvalue weighted by Crippen LogP contribution is -2.44. The smallest absolute Gasteiger partial charge is 0.323 e. The third-order valence-corrected chi connectivity index (χ3v) is 5.47. The molecule has 3 aromatic rings. The van der Waals surface area contributed by atoms with E-state index in [4.69, 9.17) is 23.2 Å². The average Bonchev–Trinajstić information content (AvgIpc) is 2.74. The molecule has 1 aliphatic heterocycles. The standard InChI is InChI=1S/C22H22Cl2N6O/c1-29-8-10-30(11-9-29)21-7-6-20(27-28-21)15-2-4-18(5-3-15)25-22(31)26-19-13-16(23)12-17(24)14-19/h2-7,12-14H,8-11H2,1H3,(H2,25,26,31). The lowest BCUT2D eigenvalue weighted by atomic mass is 10.1. The third-order valence-electron chi connectivity index (χ3n) is 5.04. The van der Waals surface area contributed by atoms with E-state index in [9.17, 15) is 4.79 Å². The normalized spacial score (nSPS) is 14.4. The van der Waals surface area contributed by atoms with Crippen LogP contribution < -0.4 is 15.5 Å². The first-order valence-electron chi connectivity index (χ1n) is 9.88. The molecule has 2 heterocycles. The van der Waals surface area contributed by atoms with Crippen molar-refractivity contribution in [1.82, 2.24) is 15.1 Å². The summed E-state index contributed by atoms with van der Waals surface area (Å²) in [7, 11) is 2.13. The minimum Gasteiger partial charge on any atom is -0.353 e. The molecule has 31 heavy (non-hydrogen) atoms. The predicted molar refractivity (Wildman–Crippen MR) is 126 cm³/mol. The first-order valence-corrected chi connectivity index (χ1v) is 10.6. The fourth-order valence-electron chi connectivity index (χ4n) is 3.33. The maximum atomic E-state index is 12.2. The zero-order valence-electron chi connectivity index (χ0n) is 17.0. The number of urea groups is 1. The fourth-order valence-corrected chi connectivity index (χ4v) is 3.85. The van der Waals surface area contributed by atoms with E-state index in [0.29, 0.717) is 21.4 Å². The molecule has 2 amide bonds. The molecule has 160 valence electrons. The second-order valence-electron chi connectivity index (χ2n) is 7.38. The highest BCUT2D eigenvalue weighted by atomic mass is 35.5. The van der Waals surface area contributed by atoms with Gasteiger partial charge in [0.25, 0.3) is 0 Å². The van der Waals surface area contributed by atoms with Gasteiger partial charge in [0.05, 0.1) is 5.69 Å². The number of hydrogen-bond acceptors (Lipinski definition) is 5. The van der Waals surface area contributed by atoms with Gasteiger partial charge in [0.2, 0.25) is 0 Å². The van der Waals surface area contributed by atoms with E-state index in [0.717, 1.165) is 43.3 Å². The van der Waals surface area contributed by atoms with Crippen molar-refractivity contribution in [2.45, 2.75) is 0 Å². The lowest BCUT2D eigenvalue weighted by Gasteiger charge is -2.32. The molecule has 1 saturated heterocycles. The van der Waals surface area contributed by atoms with Gasteiger partial charge in [-0.05, 0) is 49.5 Å². The molecule has 2 aromatic carbocycles. The van der Waals surface area contributed by atoms with Gasteiger partial charge in [-0.25, -0.2) is 4.79 Å². The first-order chi connectivity index (χ1) is 15.0. The Balaban J connectivity index is 1.37. The fraction of sp³-hybridized carbons (Fsp3) is 0.227. The molecule has 7 nitrogen and oxygen atoms in total. The van der Waals surface area contributed by atoms with Crippen LogP contribution in [-0.4, -0.2) is 54.4 Å². The number of piperazine rings is 1. The molecule has 0 radical (unpaired) electrons. The molecule has 1 fully saturated rings. The number of carbonyl (C=O) groups excluding carboxylic acids is 1. The number of aromatic nitrogens is 2. The van der Waals surface area contributed by atoms with Crippen molar-refractivity contribution in [2.75, 3.05) is 48.8 Å². The Kier molecular flexibility index (Phi) is 6.56. The van der Waals surface area contributed by atoms with E-state index < -0.39 is 0 Å². The van der Waals surface area contributed by atoms with Gasteiger partial charge in [0, 0.05) is 53.2 Å². The van der Waals surface area contributed by atoms with E-state index in [1.807, 2.05) is 36.4 Å². The van der Waals surface area contributed by atoms with E-state index in [2.05, 4.69) is 37.7 Å². The van der Waals surface area contributed by atoms with Crippen LogP contribution in [0.2, 0.25) is 10.0 Å². The van der Waals surface area contributed by atoms with Gasteiger partial charge in [-0.15, -0.1) is 10.2 Å². The molecule has 1 aliphatic rings. The Morgan fingerprint density at radius 2 is 1.48 bits per heavy atom. The molecule has 2 N–H and O–H groups in total. The Labute approximate surface area is 191 Å². The number of halogens is 2. The molecule has 0 spiro atoms. The summed E-state index contributed by atoms with van der Waals surface area (Å²) >= 11 is 11.9. The minimum atomic E-state index is -0.387. The van der Waals surface area contributed by atoms with Crippen molar-refractivity contribution in [3.8, 4) is 11.3 Å². The number of likely N-dealkylation sites (N-methyl/N-ethyl adjacent to an activating group) is 1. The number of hydrogen-bond donors (Lipinski definition) is 2. The molecule has 0 unspecified atom stereocenters. The van der Waals surface area contributed by atoms with E-state index in [1.54, 1.807) is 18.2 Å². The molecule has 0 bridgehead atoms. The maximum absolute atomic E-state index is 12.2. The average molecular weight is 457 g/mol. The molecule has 0 atom stereocenters. The van der Waals surface area contributed by atoms with Crippen LogP contribution >= 0.6 is 23.2 Å². The van der Waals surface area contributed by atoms with Crippen molar-refractivity contribution in [2.24, 2.45) is 0 Å². The van der Waals surface area contributed by atoms with Gasteiger partial charge in [-0.2, -0.15) is 0 Å². The Morgan fingerprint density at radius 1 is 0.839 bits per heavy atom. The SMILES string of the molecule is CN1CCN(c2ccc(-c3ccc(NC(=O)Nc4cc(Cl)cc(Cl)c4)cc3)nn2)CC1. The second-order valence-corrected chi connectivity index (χ2v) is 8.25. The van der Waals surface area contributed by atoms with Crippen molar-refractivity contribution < 1.29 is 4.79 Å². The minimum absolute atomic E-state index is 0.387. The summed E-state index contributed by atoms with van der Waals surface area (Å²) in [5.74, 6) is 0.896. The lowest BCUT2D eigenvalue weighted by molar-refractivity contribution is 0.262. The van der Waals surface area contributed by atoms with Gasteiger partial charge in [-0.1, -0.05) is 35.3 Å². The van der Waals surface area contributed by atoms with Crippen molar-refractivity contribution >= 4 is 46.4 Å². The Morgan fingerprint density at radius 3 is 2.10 bits per heavy atom. The van der Waals surface area contributed by atoms with E-state index in [1.165, 1.54) is 0 Å². The van der Waals surface area contributed by atoms with Gasteiger partial charge in [0.1, 0.15) is 0 Å². The molecular weight excluding hydrogens is 435 g/mol. The molecule has 0 saturated carbocycles. The second kappa shape index (κ2) is 9.51. The van der Waals surface area contributed by atoms with Crippen LogP contribution in [0.4, 0.5) is 22.0 Å². The highest BCUT2D eigenvalue weighted by Gasteiger charge is 2.15. The first kappa shape index (κ1) is 21.4. The van der Waals surface area contributed by atoms with Crippen LogP contribution in [0.1, 0.15) is 0 Å². The number of carbonyl (C=O) groups is 1. The van der Waals surface area contributed by atoms with Crippen LogP contribution in [0.15, 0.2) is 54.6 Å². The largest absolute Gasteiger partial charge is 0.353 e. The summed E-state index contributed by atoms with van der Waals surface area (Å²) in [5.41, 5.74) is 2.87. The maximum Gasteiger partial charge on any atom is 0.323 e. The van der Waals surface area contributed by atoms with Crippen LogP contribution in [-0.2, 0) is 0 Å². The summed E-state index contributed by atoms with van der Waals surface area (Å²) < 4.78 is 0. The van der Waals surface area contributed by atoms with Gasteiger partial charge < -0.3 is 20.4 Å². The van der Waals surface area contributed by atoms with Crippen LogP contribution in [0.25, 0.3) is 11.3 Å². The number of nitrogens with zero attached hydrogens (tertiary/aromatic N) is 4. The molecule has 4 rings (SSSR count). The van der Waals surface area contributed by atoms with Crippen molar-refractivity contribution in [3.63, 3.8) is 0 Å². The molecular formula is C22H22Cl2N6O. The summed E-state index contributed by atoms with van der Waals surface area (Å²) in [5, 5.41) is 15.2. The van der Waals surface area contributed by atoms with Crippen LogP contribution in [0.3, 0.4) is 0 Å². The number of rotatable bonds is 4. The Bertz CT molecular complexity index is 1030. The topological polar surface area (TPSA) is 73.4 Å².